The molecule has 4 amide bonds. The number of carbonyl (C=O) groups is 6. The minimum atomic E-state index is -0.956. The van der Waals surface area contributed by atoms with Gasteiger partial charge in [0.1, 0.15) is 35.3 Å². The van der Waals surface area contributed by atoms with Gasteiger partial charge in [0.05, 0.1) is 33.5 Å². The summed E-state index contributed by atoms with van der Waals surface area (Å²) in [5.41, 5.74) is 10.2. The molecule has 0 radical (unpaired) electrons. The van der Waals surface area contributed by atoms with Crippen molar-refractivity contribution in [2.75, 3.05) is 59.7 Å². The molecule has 386 valence electrons. The van der Waals surface area contributed by atoms with Crippen LogP contribution < -0.4 is 21.1 Å². The number of hydrogen-bond donors (Lipinski definition) is 4. The fourth-order valence-electron chi connectivity index (χ4n) is 8.71. The molecule has 2 saturated carbocycles. The lowest BCUT2D eigenvalue weighted by atomic mass is 10.0. The predicted molar refractivity (Wildman–Crippen MR) is 265 cm³/mol. The maximum Gasteiger partial charge on any atom is 0.303 e. The number of nitrogens with zero attached hydrogens (tertiary/aromatic N) is 2. The smallest absolute Gasteiger partial charge is 0.303 e. The van der Waals surface area contributed by atoms with Gasteiger partial charge in [0.15, 0.2) is 0 Å². The van der Waals surface area contributed by atoms with Gasteiger partial charge in [0, 0.05) is 68.5 Å². The van der Waals surface area contributed by atoms with Crippen LogP contribution in [0.2, 0.25) is 0 Å². The van der Waals surface area contributed by atoms with Gasteiger partial charge in [-0.2, -0.15) is 0 Å². The summed E-state index contributed by atoms with van der Waals surface area (Å²) in [6.45, 7) is 5.68. The molecule has 4 aromatic carbocycles. The normalized spacial score (nSPS) is 19.7. The molecule has 17 heteroatoms. The largest absolute Gasteiger partial charge is 0.497 e. The molecule has 4 aromatic rings. The maximum atomic E-state index is 13.2. The first-order valence-corrected chi connectivity index (χ1v) is 24.7. The number of ether oxygens (including phenoxy) is 3. The first-order valence-electron chi connectivity index (χ1n) is 24.7. The fraction of sp³-hybridized carbons (Fsp3) is 0.455. The third-order valence-corrected chi connectivity index (χ3v) is 13.2. The molecule has 2 aliphatic heterocycles. The van der Waals surface area contributed by atoms with Crippen molar-refractivity contribution in [3.05, 3.63) is 137 Å². The second-order valence-electron chi connectivity index (χ2n) is 18.7. The van der Waals surface area contributed by atoms with Crippen molar-refractivity contribution in [3.63, 3.8) is 0 Å². The monoisotopic (exact) mass is 995 g/mol. The number of aliphatic carboxylic acids is 1. The van der Waals surface area contributed by atoms with Crippen molar-refractivity contribution in [1.82, 2.24) is 20.4 Å². The lowest BCUT2D eigenvalue weighted by Gasteiger charge is -2.30. The van der Waals surface area contributed by atoms with Gasteiger partial charge in [0.2, 0.25) is 11.8 Å². The number of Topliss-reactive ketones (excluding diaryl/α,β-unsaturated/α-hetero) is 1. The topological polar surface area (TPSA) is 207 Å². The second kappa shape index (κ2) is 27.3. The SMILES string of the molecule is COc1ccc([C@@H]2C[C@H]2CC(=O)CCC[C@H](NC(=O)c2ccc(F)cc2)C(=O)N2CCOCC2)cc1.Cc1ccc([C@@H]2C[C@H]2N)cc1.O=C(O)CCC[C@H](NC(=O)c1ccc(F)cc1)C(=O)N1CCOCC1. The second-order valence-corrected chi connectivity index (χ2v) is 18.7. The number of halogens is 2. The van der Waals surface area contributed by atoms with Crippen LogP contribution in [-0.2, 0) is 28.7 Å². The number of hydrogen-bond acceptors (Lipinski definition) is 10. The van der Waals surface area contributed by atoms with E-state index in [9.17, 15) is 37.5 Å². The summed E-state index contributed by atoms with van der Waals surface area (Å²) in [7, 11) is 1.64. The number of ketones is 1. The van der Waals surface area contributed by atoms with Gasteiger partial charge in [-0.25, -0.2) is 8.78 Å². The lowest BCUT2D eigenvalue weighted by Crippen LogP contribution is -2.51. The molecule has 6 atom stereocenters. The fourth-order valence-corrected chi connectivity index (χ4v) is 8.71. The standard InChI is InChI=1S/C28H33FN2O5.C17H21FN2O5.C10H13N/c1-35-24-11-7-19(8-12-24)25-18-21(25)17-23(32)3-2-4-26(28(34)31-13-15-36-16-14-31)30-27(33)20-5-9-22(29)10-6-20;18-13-6-4-12(5-7-13)16(23)19-14(2-1-3-15(21)22)17(24)20-8-10-25-11-9-20;1-7-2-4-8(5-3-7)9-6-10(9)11/h5-12,21,25-26H,2-4,13-18H2,1H3,(H,30,33);4-7,14H,1-3,8-11H2,(H,19,23)(H,21,22);2-5,9-10H,6,11H2,1H3/t21-,25+,26+;14-;9-,10+/m100/s1. The van der Waals surface area contributed by atoms with E-state index >= 15 is 0 Å². The van der Waals surface area contributed by atoms with Crippen molar-refractivity contribution in [3.8, 4) is 5.75 Å². The first kappa shape index (κ1) is 54.8. The van der Waals surface area contributed by atoms with Gasteiger partial charge in [-0.05, 0) is 129 Å². The number of rotatable bonds is 19. The van der Waals surface area contributed by atoms with Crippen LogP contribution in [-0.4, -0.2) is 128 Å². The highest BCUT2D eigenvalue weighted by atomic mass is 19.1. The number of benzene rings is 4. The zero-order valence-corrected chi connectivity index (χ0v) is 41.1. The van der Waals surface area contributed by atoms with E-state index in [1.54, 1.807) is 16.9 Å². The van der Waals surface area contributed by atoms with Gasteiger partial charge in [-0.15, -0.1) is 0 Å². The molecule has 4 fully saturated rings. The van der Waals surface area contributed by atoms with Crippen LogP contribution in [0.25, 0.3) is 0 Å². The van der Waals surface area contributed by atoms with Crippen LogP contribution >= 0.6 is 0 Å². The Morgan fingerprint density at radius 1 is 0.653 bits per heavy atom. The maximum absolute atomic E-state index is 13.2. The average Bonchev–Trinajstić information content (AvgIpc) is 4.33. The van der Waals surface area contributed by atoms with E-state index in [1.807, 2.05) is 12.1 Å². The minimum absolute atomic E-state index is 0.0840. The Kier molecular flexibility index (Phi) is 20.8. The van der Waals surface area contributed by atoms with E-state index < -0.39 is 41.5 Å². The number of carbonyl (C=O) groups excluding carboxylic acids is 5. The highest BCUT2D eigenvalue weighted by Crippen LogP contribution is 2.50. The molecule has 2 aliphatic carbocycles. The van der Waals surface area contributed by atoms with Crippen molar-refractivity contribution in [2.45, 2.75) is 94.7 Å². The van der Waals surface area contributed by atoms with E-state index in [0.29, 0.717) is 102 Å². The Balaban J connectivity index is 0.000000202. The van der Waals surface area contributed by atoms with Crippen LogP contribution in [0.4, 0.5) is 8.78 Å². The molecule has 15 nitrogen and oxygen atoms in total. The number of carboxylic acids is 1. The molecule has 0 unspecified atom stereocenters. The van der Waals surface area contributed by atoms with Gasteiger partial charge < -0.3 is 45.5 Å². The molecule has 0 bridgehead atoms. The van der Waals surface area contributed by atoms with Crippen LogP contribution in [0.5, 0.6) is 5.75 Å². The van der Waals surface area contributed by atoms with E-state index in [0.717, 1.165) is 24.3 Å². The molecule has 5 N–H and O–H groups in total. The summed E-state index contributed by atoms with van der Waals surface area (Å²) >= 11 is 0. The number of aryl methyl sites for hydroxylation is 1. The molecule has 0 aromatic heterocycles. The van der Waals surface area contributed by atoms with E-state index in [2.05, 4.69) is 54.0 Å². The summed E-state index contributed by atoms with van der Waals surface area (Å²) in [6, 6.07) is 25.7. The van der Waals surface area contributed by atoms with E-state index in [1.165, 1.54) is 59.5 Å². The molecule has 2 heterocycles. The molecule has 2 saturated heterocycles. The third kappa shape index (κ3) is 17.3. The highest BCUT2D eigenvalue weighted by molar-refractivity contribution is 5.98. The Labute approximate surface area is 419 Å². The summed E-state index contributed by atoms with van der Waals surface area (Å²) in [4.78, 5) is 77.4. The Morgan fingerprint density at radius 3 is 1.51 bits per heavy atom. The zero-order valence-electron chi connectivity index (χ0n) is 41.1. The summed E-state index contributed by atoms with van der Waals surface area (Å²) in [6.07, 6.45) is 4.33. The molecular weight excluding hydrogens is 929 g/mol. The Hall–Kier alpha value is -6.56. The average molecular weight is 996 g/mol. The molecule has 0 spiro atoms. The number of morpholine rings is 2. The summed E-state index contributed by atoms with van der Waals surface area (Å²) < 4.78 is 41.9. The van der Waals surface area contributed by atoms with Gasteiger partial charge in [-0.1, -0.05) is 42.0 Å². The highest BCUT2D eigenvalue weighted by Gasteiger charge is 2.39. The van der Waals surface area contributed by atoms with Gasteiger partial charge in [0.25, 0.3) is 11.8 Å². The van der Waals surface area contributed by atoms with Gasteiger partial charge >= 0.3 is 5.97 Å². The zero-order chi connectivity index (χ0) is 51.6. The lowest BCUT2D eigenvalue weighted by molar-refractivity contribution is -0.139. The van der Waals surface area contributed by atoms with Crippen LogP contribution in [0.15, 0.2) is 97.1 Å². The number of nitrogens with one attached hydrogen (secondary N) is 2. The van der Waals surface area contributed by atoms with Gasteiger partial charge in [-0.3, -0.25) is 28.8 Å². The Morgan fingerprint density at radius 2 is 1.08 bits per heavy atom. The number of nitrogens with two attached hydrogens (primary N) is 1. The number of carboxylic acid groups (broad SMARTS) is 1. The molecular formula is C55H67F2N5O10. The van der Waals surface area contributed by atoms with Crippen molar-refractivity contribution < 1.29 is 56.9 Å². The third-order valence-electron chi connectivity index (χ3n) is 13.2. The Bertz CT molecular complexity index is 2410. The first-order chi connectivity index (χ1) is 34.7. The number of methoxy groups -OCH3 is 1. The predicted octanol–water partition coefficient (Wildman–Crippen LogP) is 6.57. The van der Waals surface area contributed by atoms with Crippen molar-refractivity contribution in [1.29, 1.82) is 0 Å². The van der Waals surface area contributed by atoms with Crippen molar-refractivity contribution >= 4 is 35.4 Å². The molecule has 8 rings (SSSR count). The molecule has 72 heavy (non-hydrogen) atoms. The van der Waals surface area contributed by atoms with Crippen LogP contribution in [0.1, 0.15) is 107 Å². The summed E-state index contributed by atoms with van der Waals surface area (Å²) in [5.74, 6) is -0.811. The van der Waals surface area contributed by atoms with Crippen molar-refractivity contribution in [2.24, 2.45) is 11.7 Å². The van der Waals surface area contributed by atoms with E-state index in [4.69, 9.17) is 25.1 Å². The number of amides is 4. The van der Waals surface area contributed by atoms with E-state index in [-0.39, 0.29) is 48.0 Å². The van der Waals surface area contributed by atoms with Crippen LogP contribution in [0, 0.1) is 24.5 Å². The van der Waals surface area contributed by atoms with Crippen LogP contribution in [0.3, 0.4) is 0 Å². The minimum Gasteiger partial charge on any atom is -0.497 e. The molecule has 4 aliphatic rings. The summed E-state index contributed by atoms with van der Waals surface area (Å²) in [5, 5.41) is 14.2. The quantitative estimate of drug-likeness (QED) is 0.0790.